The van der Waals surface area contributed by atoms with E-state index in [1.807, 2.05) is 67.6 Å². The first-order valence-electron chi connectivity index (χ1n) is 9.95. The number of benzene rings is 2. The van der Waals surface area contributed by atoms with Crippen LogP contribution in [0.15, 0.2) is 60.7 Å². The normalized spacial score (nSPS) is 13.5. The van der Waals surface area contributed by atoms with Crippen molar-refractivity contribution in [3.8, 4) is 0 Å². The Morgan fingerprint density at radius 3 is 2.03 bits per heavy atom. The van der Waals surface area contributed by atoms with E-state index < -0.39 is 30.1 Å². The van der Waals surface area contributed by atoms with Gasteiger partial charge in [-0.1, -0.05) is 80.9 Å². The van der Waals surface area contributed by atoms with Crippen molar-refractivity contribution in [1.29, 1.82) is 0 Å². The maximum Gasteiger partial charge on any atom is 0.408 e. The summed E-state index contributed by atoms with van der Waals surface area (Å²) in [5.74, 6) is -1.93. The maximum absolute atomic E-state index is 12.8. The molecule has 0 aliphatic rings. The minimum absolute atomic E-state index is 0.0664. The van der Waals surface area contributed by atoms with Gasteiger partial charge >= 0.3 is 12.1 Å². The van der Waals surface area contributed by atoms with Gasteiger partial charge in [-0.15, -0.1) is 0 Å². The Bertz CT molecular complexity index is 826. The molecule has 30 heavy (non-hydrogen) atoms. The molecule has 0 spiro atoms. The predicted octanol–water partition coefficient (Wildman–Crippen LogP) is 3.14. The van der Waals surface area contributed by atoms with E-state index in [4.69, 9.17) is 4.74 Å². The van der Waals surface area contributed by atoms with E-state index in [9.17, 15) is 19.5 Å². The zero-order valence-corrected chi connectivity index (χ0v) is 17.2. The Balaban J connectivity index is 2.08. The third-order valence-electron chi connectivity index (χ3n) is 4.88. The Labute approximate surface area is 176 Å². The Morgan fingerprint density at radius 1 is 0.933 bits per heavy atom. The molecule has 0 saturated carbocycles. The monoisotopic (exact) mass is 412 g/mol. The zero-order chi connectivity index (χ0) is 21.9. The molecule has 2 rings (SSSR count). The first kappa shape index (κ1) is 22.9. The molecule has 0 aromatic heterocycles. The SMILES string of the molecule is CCC(C)[C@H](NC(=O)[C@H](Cc1ccccc1)NC(=O)OCc1ccccc1)C(=O)O. The molecular weight excluding hydrogens is 384 g/mol. The molecule has 0 aliphatic heterocycles. The predicted molar refractivity (Wildman–Crippen MR) is 113 cm³/mol. The van der Waals surface area contributed by atoms with Crippen molar-refractivity contribution in [1.82, 2.24) is 10.6 Å². The average Bonchev–Trinajstić information content (AvgIpc) is 2.76. The molecule has 0 saturated heterocycles. The average molecular weight is 412 g/mol. The molecule has 2 aromatic rings. The van der Waals surface area contributed by atoms with Crippen molar-refractivity contribution in [3.63, 3.8) is 0 Å². The maximum atomic E-state index is 12.8. The van der Waals surface area contributed by atoms with Crippen LogP contribution in [0.2, 0.25) is 0 Å². The number of carboxylic acid groups (broad SMARTS) is 1. The lowest BCUT2D eigenvalue weighted by molar-refractivity contribution is -0.143. The zero-order valence-electron chi connectivity index (χ0n) is 17.2. The highest BCUT2D eigenvalue weighted by molar-refractivity contribution is 5.89. The minimum Gasteiger partial charge on any atom is -0.480 e. The van der Waals surface area contributed by atoms with E-state index in [2.05, 4.69) is 10.6 Å². The van der Waals surface area contributed by atoms with Gasteiger partial charge in [-0.25, -0.2) is 9.59 Å². The second kappa shape index (κ2) is 11.6. The van der Waals surface area contributed by atoms with Gasteiger partial charge in [0.25, 0.3) is 0 Å². The Kier molecular flexibility index (Phi) is 8.87. The summed E-state index contributed by atoms with van der Waals surface area (Å²) in [6.45, 7) is 3.68. The largest absolute Gasteiger partial charge is 0.480 e. The molecule has 2 aromatic carbocycles. The van der Waals surface area contributed by atoms with Crippen LogP contribution in [0, 0.1) is 5.92 Å². The van der Waals surface area contributed by atoms with Crippen molar-refractivity contribution >= 4 is 18.0 Å². The lowest BCUT2D eigenvalue weighted by Crippen LogP contribution is -2.54. The number of alkyl carbamates (subject to hydrolysis) is 1. The molecule has 0 heterocycles. The second-order valence-corrected chi connectivity index (χ2v) is 7.16. The van der Waals surface area contributed by atoms with E-state index in [0.717, 1.165) is 11.1 Å². The van der Waals surface area contributed by atoms with Crippen molar-refractivity contribution in [2.45, 2.75) is 45.4 Å². The van der Waals surface area contributed by atoms with Crippen molar-refractivity contribution in [3.05, 3.63) is 71.8 Å². The van der Waals surface area contributed by atoms with Gasteiger partial charge < -0.3 is 20.5 Å². The summed E-state index contributed by atoms with van der Waals surface area (Å²) in [5, 5.41) is 14.6. The summed E-state index contributed by atoms with van der Waals surface area (Å²) in [5.41, 5.74) is 1.65. The van der Waals surface area contributed by atoms with Gasteiger partial charge in [0.15, 0.2) is 0 Å². The van der Waals surface area contributed by atoms with Crippen molar-refractivity contribution in [2.75, 3.05) is 0 Å². The number of carbonyl (C=O) groups excluding carboxylic acids is 2. The summed E-state index contributed by atoms with van der Waals surface area (Å²) in [6.07, 6.45) is 0.0537. The molecule has 0 aliphatic carbocycles. The van der Waals surface area contributed by atoms with Crippen LogP contribution in [0.1, 0.15) is 31.4 Å². The second-order valence-electron chi connectivity index (χ2n) is 7.16. The number of amides is 2. The van der Waals surface area contributed by atoms with Crippen molar-refractivity contribution < 1.29 is 24.2 Å². The summed E-state index contributed by atoms with van der Waals surface area (Å²) in [4.78, 5) is 36.7. The lowest BCUT2D eigenvalue weighted by Gasteiger charge is -2.24. The molecule has 7 heteroatoms. The van der Waals surface area contributed by atoms with Gasteiger partial charge in [0.2, 0.25) is 5.91 Å². The van der Waals surface area contributed by atoms with Crippen LogP contribution in [0.25, 0.3) is 0 Å². The van der Waals surface area contributed by atoms with Gasteiger partial charge in [0.05, 0.1) is 0 Å². The van der Waals surface area contributed by atoms with Gasteiger partial charge in [-0.2, -0.15) is 0 Å². The van der Waals surface area contributed by atoms with E-state index in [-0.39, 0.29) is 18.9 Å². The quantitative estimate of drug-likeness (QED) is 0.556. The third kappa shape index (κ3) is 7.24. The molecule has 160 valence electrons. The van der Waals surface area contributed by atoms with Crippen LogP contribution in [0.3, 0.4) is 0 Å². The van der Waals surface area contributed by atoms with E-state index >= 15 is 0 Å². The van der Waals surface area contributed by atoms with E-state index in [1.165, 1.54) is 0 Å². The van der Waals surface area contributed by atoms with Gasteiger partial charge in [-0.3, -0.25) is 4.79 Å². The topological polar surface area (TPSA) is 105 Å². The molecular formula is C23H28N2O5. The Hall–Kier alpha value is -3.35. The molecule has 0 bridgehead atoms. The fraction of sp³-hybridized carbons (Fsp3) is 0.348. The first-order valence-corrected chi connectivity index (χ1v) is 9.95. The summed E-state index contributed by atoms with van der Waals surface area (Å²) in [7, 11) is 0. The third-order valence-corrected chi connectivity index (χ3v) is 4.88. The van der Waals surface area contributed by atoms with Crippen LogP contribution in [0.4, 0.5) is 4.79 Å². The number of carboxylic acids is 1. The van der Waals surface area contributed by atoms with Gasteiger partial charge in [-0.05, 0) is 17.0 Å². The number of aliphatic carboxylic acids is 1. The van der Waals surface area contributed by atoms with Crippen LogP contribution in [-0.2, 0) is 27.4 Å². The summed E-state index contributed by atoms with van der Waals surface area (Å²) >= 11 is 0. The summed E-state index contributed by atoms with van der Waals surface area (Å²) in [6, 6.07) is 16.4. The molecule has 2 amide bonds. The molecule has 1 unspecified atom stereocenters. The molecule has 0 fully saturated rings. The number of nitrogens with one attached hydrogen (secondary N) is 2. The van der Waals surface area contributed by atoms with Crippen LogP contribution < -0.4 is 10.6 Å². The highest BCUT2D eigenvalue weighted by Crippen LogP contribution is 2.10. The molecule has 0 radical (unpaired) electrons. The van der Waals surface area contributed by atoms with Gasteiger partial charge in [0.1, 0.15) is 18.7 Å². The number of hydrogen-bond donors (Lipinski definition) is 3. The molecule has 3 atom stereocenters. The fourth-order valence-corrected chi connectivity index (χ4v) is 2.90. The minimum atomic E-state index is -1.11. The van der Waals surface area contributed by atoms with Crippen LogP contribution >= 0.6 is 0 Å². The highest BCUT2D eigenvalue weighted by atomic mass is 16.5. The molecule has 7 nitrogen and oxygen atoms in total. The van der Waals surface area contributed by atoms with Crippen LogP contribution in [-0.4, -0.2) is 35.2 Å². The summed E-state index contributed by atoms with van der Waals surface area (Å²) < 4.78 is 5.22. The standard InChI is InChI=1S/C23H28N2O5/c1-3-16(2)20(22(27)28)25-21(26)19(14-17-10-6-4-7-11-17)24-23(29)30-15-18-12-8-5-9-13-18/h4-13,16,19-20H,3,14-15H2,1-2H3,(H,24,29)(H,25,26)(H,27,28)/t16?,19-,20-/m0/s1. The smallest absolute Gasteiger partial charge is 0.408 e. The van der Waals surface area contributed by atoms with E-state index in [0.29, 0.717) is 6.42 Å². The van der Waals surface area contributed by atoms with Crippen molar-refractivity contribution in [2.24, 2.45) is 5.92 Å². The number of rotatable bonds is 10. The fourth-order valence-electron chi connectivity index (χ4n) is 2.90. The van der Waals surface area contributed by atoms with Crippen LogP contribution in [0.5, 0.6) is 0 Å². The first-order chi connectivity index (χ1) is 14.4. The number of carbonyl (C=O) groups is 3. The number of hydrogen-bond acceptors (Lipinski definition) is 4. The van der Waals surface area contributed by atoms with Gasteiger partial charge in [0, 0.05) is 6.42 Å². The lowest BCUT2D eigenvalue weighted by atomic mass is 9.98. The highest BCUT2D eigenvalue weighted by Gasteiger charge is 2.30. The van der Waals surface area contributed by atoms with E-state index in [1.54, 1.807) is 6.92 Å². The molecule has 3 N–H and O–H groups in total. The Morgan fingerprint density at radius 2 is 1.50 bits per heavy atom. The number of ether oxygens (including phenoxy) is 1.